The van der Waals surface area contributed by atoms with Gasteiger partial charge in [-0.05, 0) is 5.56 Å². The molecule has 0 saturated carbocycles. The summed E-state index contributed by atoms with van der Waals surface area (Å²) in [4.78, 5) is 11.9. The molecule has 0 aliphatic rings. The highest BCUT2D eigenvalue weighted by Gasteiger charge is 2.03. The van der Waals surface area contributed by atoms with Crippen molar-refractivity contribution in [1.29, 1.82) is 0 Å². The number of carbonyl (C=O) groups is 1. The van der Waals surface area contributed by atoms with Gasteiger partial charge in [-0.1, -0.05) is 60.7 Å². The van der Waals surface area contributed by atoms with E-state index in [1.807, 2.05) is 48.5 Å². The lowest BCUT2D eigenvalue weighted by Crippen LogP contribution is -2.02. The summed E-state index contributed by atoms with van der Waals surface area (Å²) in [5.74, 6) is -0.0769. The van der Waals surface area contributed by atoms with Crippen LogP contribution in [0.2, 0.25) is 0 Å². The number of ketones is 1. The standard InChI is InChI=1S/C15H13NO/c16-14(12-7-3-1-4-8-12)11-15(17)13-9-5-2-6-10-13/h1-11H,16H2/b14-11-. The molecule has 0 bridgehead atoms. The summed E-state index contributed by atoms with van der Waals surface area (Å²) in [7, 11) is 0. The normalized spacial score (nSPS) is 11.2. The molecular weight excluding hydrogens is 210 g/mol. The first kappa shape index (κ1) is 11.1. The summed E-state index contributed by atoms with van der Waals surface area (Å²) in [5, 5.41) is 0. The second-order valence-corrected chi connectivity index (χ2v) is 3.70. The summed E-state index contributed by atoms with van der Waals surface area (Å²) >= 11 is 0. The molecule has 2 rings (SSSR count). The Balaban J connectivity index is 2.24. The zero-order chi connectivity index (χ0) is 12.1. The van der Waals surface area contributed by atoms with Crippen LogP contribution in [-0.4, -0.2) is 5.78 Å². The largest absolute Gasteiger partial charge is 0.398 e. The van der Waals surface area contributed by atoms with E-state index < -0.39 is 0 Å². The molecule has 0 aromatic heterocycles. The summed E-state index contributed by atoms with van der Waals surface area (Å²) in [6, 6.07) is 18.5. The van der Waals surface area contributed by atoms with E-state index in [1.165, 1.54) is 6.08 Å². The minimum atomic E-state index is -0.0769. The Morgan fingerprint density at radius 2 is 1.29 bits per heavy atom. The van der Waals surface area contributed by atoms with Crippen LogP contribution in [0.1, 0.15) is 15.9 Å². The molecule has 0 spiro atoms. The maximum Gasteiger partial charge on any atom is 0.187 e. The molecule has 0 fully saturated rings. The topological polar surface area (TPSA) is 43.1 Å². The quantitative estimate of drug-likeness (QED) is 0.642. The van der Waals surface area contributed by atoms with E-state index in [1.54, 1.807) is 12.1 Å². The van der Waals surface area contributed by atoms with Crippen LogP contribution in [0, 0.1) is 0 Å². The SMILES string of the molecule is N/C(=C\C(=O)c1ccccc1)c1ccccc1. The number of hydrogen-bond acceptors (Lipinski definition) is 2. The van der Waals surface area contributed by atoms with E-state index in [0.717, 1.165) is 5.56 Å². The van der Waals surface area contributed by atoms with Gasteiger partial charge in [-0.15, -0.1) is 0 Å². The van der Waals surface area contributed by atoms with Gasteiger partial charge in [0.25, 0.3) is 0 Å². The molecule has 2 aromatic rings. The number of rotatable bonds is 3. The van der Waals surface area contributed by atoms with E-state index in [2.05, 4.69) is 0 Å². The Bertz CT molecular complexity index is 529. The highest BCUT2D eigenvalue weighted by Crippen LogP contribution is 2.10. The van der Waals surface area contributed by atoms with Crippen molar-refractivity contribution in [2.45, 2.75) is 0 Å². The van der Waals surface area contributed by atoms with E-state index >= 15 is 0 Å². The molecule has 2 aromatic carbocycles. The summed E-state index contributed by atoms with van der Waals surface area (Å²) < 4.78 is 0. The van der Waals surface area contributed by atoms with Crippen LogP contribution in [0.25, 0.3) is 5.70 Å². The van der Waals surface area contributed by atoms with Crippen molar-refractivity contribution in [1.82, 2.24) is 0 Å². The zero-order valence-corrected chi connectivity index (χ0v) is 9.34. The smallest absolute Gasteiger partial charge is 0.187 e. The first-order valence-corrected chi connectivity index (χ1v) is 5.39. The van der Waals surface area contributed by atoms with Crippen molar-refractivity contribution >= 4 is 11.5 Å². The van der Waals surface area contributed by atoms with Crippen molar-refractivity contribution < 1.29 is 4.79 Å². The van der Waals surface area contributed by atoms with E-state index in [4.69, 9.17) is 5.73 Å². The Labute approximate surface area is 100 Å². The monoisotopic (exact) mass is 223 g/mol. The molecule has 0 radical (unpaired) electrons. The third-order valence-corrected chi connectivity index (χ3v) is 2.45. The van der Waals surface area contributed by atoms with Crippen LogP contribution < -0.4 is 5.73 Å². The van der Waals surface area contributed by atoms with Gasteiger partial charge in [0.2, 0.25) is 0 Å². The van der Waals surface area contributed by atoms with E-state index in [0.29, 0.717) is 11.3 Å². The van der Waals surface area contributed by atoms with Gasteiger partial charge in [-0.3, -0.25) is 4.79 Å². The fraction of sp³-hybridized carbons (Fsp3) is 0. The molecule has 0 unspecified atom stereocenters. The lowest BCUT2D eigenvalue weighted by molar-refractivity contribution is 0.104. The van der Waals surface area contributed by atoms with Gasteiger partial charge in [0.1, 0.15) is 0 Å². The predicted octanol–water partition coefficient (Wildman–Crippen LogP) is 2.87. The second-order valence-electron chi connectivity index (χ2n) is 3.70. The van der Waals surface area contributed by atoms with Gasteiger partial charge in [0.15, 0.2) is 5.78 Å². The molecule has 0 saturated heterocycles. The Kier molecular flexibility index (Phi) is 3.36. The number of nitrogens with two attached hydrogens (primary N) is 1. The van der Waals surface area contributed by atoms with Crippen molar-refractivity contribution in [3.8, 4) is 0 Å². The number of benzene rings is 2. The molecule has 2 heteroatoms. The molecule has 0 atom stereocenters. The highest BCUT2D eigenvalue weighted by atomic mass is 16.1. The van der Waals surface area contributed by atoms with E-state index in [9.17, 15) is 4.79 Å². The second kappa shape index (κ2) is 5.12. The highest BCUT2D eigenvalue weighted by molar-refractivity contribution is 6.08. The molecule has 0 heterocycles. The minimum Gasteiger partial charge on any atom is -0.398 e. The Morgan fingerprint density at radius 3 is 1.82 bits per heavy atom. The Hall–Kier alpha value is -2.35. The molecule has 0 amide bonds. The van der Waals surface area contributed by atoms with Crippen molar-refractivity contribution in [2.75, 3.05) is 0 Å². The van der Waals surface area contributed by atoms with Crippen LogP contribution in [0.3, 0.4) is 0 Å². The predicted molar refractivity (Wildman–Crippen MR) is 69.4 cm³/mol. The van der Waals surface area contributed by atoms with Gasteiger partial charge < -0.3 is 5.73 Å². The van der Waals surface area contributed by atoms with Crippen molar-refractivity contribution in [3.63, 3.8) is 0 Å². The first-order chi connectivity index (χ1) is 8.27. The lowest BCUT2D eigenvalue weighted by Gasteiger charge is -2.01. The molecule has 0 aliphatic heterocycles. The fourth-order valence-electron chi connectivity index (χ4n) is 1.54. The molecule has 0 aliphatic carbocycles. The van der Waals surface area contributed by atoms with Gasteiger partial charge >= 0.3 is 0 Å². The van der Waals surface area contributed by atoms with Crippen molar-refractivity contribution in [2.24, 2.45) is 5.73 Å². The average molecular weight is 223 g/mol. The minimum absolute atomic E-state index is 0.0769. The van der Waals surface area contributed by atoms with Gasteiger partial charge in [-0.2, -0.15) is 0 Å². The number of allylic oxidation sites excluding steroid dienone is 1. The van der Waals surface area contributed by atoms with Crippen LogP contribution >= 0.6 is 0 Å². The third-order valence-electron chi connectivity index (χ3n) is 2.45. The van der Waals surface area contributed by atoms with Crippen molar-refractivity contribution in [3.05, 3.63) is 77.9 Å². The van der Waals surface area contributed by atoms with Gasteiger partial charge in [-0.25, -0.2) is 0 Å². The summed E-state index contributed by atoms with van der Waals surface area (Å²) in [6.07, 6.45) is 1.46. The summed E-state index contributed by atoms with van der Waals surface area (Å²) in [6.45, 7) is 0. The average Bonchev–Trinajstić information content (AvgIpc) is 2.40. The first-order valence-electron chi connectivity index (χ1n) is 5.39. The molecule has 17 heavy (non-hydrogen) atoms. The zero-order valence-electron chi connectivity index (χ0n) is 9.34. The molecule has 2 nitrogen and oxygen atoms in total. The molecule has 2 N–H and O–H groups in total. The van der Waals surface area contributed by atoms with Gasteiger partial charge in [0.05, 0.1) is 0 Å². The lowest BCUT2D eigenvalue weighted by atomic mass is 10.1. The molecular formula is C15H13NO. The third kappa shape index (κ3) is 2.82. The maximum atomic E-state index is 11.9. The van der Waals surface area contributed by atoms with Crippen LogP contribution in [-0.2, 0) is 0 Å². The summed E-state index contributed by atoms with van der Waals surface area (Å²) in [5.41, 5.74) is 7.86. The fourth-order valence-corrected chi connectivity index (χ4v) is 1.54. The van der Waals surface area contributed by atoms with Crippen LogP contribution in [0.15, 0.2) is 66.7 Å². The van der Waals surface area contributed by atoms with Crippen LogP contribution in [0.5, 0.6) is 0 Å². The van der Waals surface area contributed by atoms with Crippen LogP contribution in [0.4, 0.5) is 0 Å². The van der Waals surface area contributed by atoms with E-state index in [-0.39, 0.29) is 5.78 Å². The molecule has 84 valence electrons. The van der Waals surface area contributed by atoms with Gasteiger partial charge in [0, 0.05) is 17.3 Å². The number of carbonyl (C=O) groups excluding carboxylic acids is 1. The maximum absolute atomic E-state index is 11.9. The Morgan fingerprint density at radius 1 is 0.824 bits per heavy atom. The number of hydrogen-bond donors (Lipinski definition) is 1.